The molecule has 4 aliphatic carbocycles. The van der Waals surface area contributed by atoms with Crippen LogP contribution in [0, 0.1) is 29.1 Å². The molecule has 4 fully saturated rings. The molecule has 134 valence electrons. The van der Waals surface area contributed by atoms with E-state index >= 15 is 0 Å². The molecule has 4 aliphatic rings. The molecule has 0 saturated heterocycles. The van der Waals surface area contributed by atoms with Crippen LogP contribution in [0.25, 0.3) is 0 Å². The summed E-state index contributed by atoms with van der Waals surface area (Å²) < 4.78 is 10.3. The molecule has 0 N–H and O–H groups in total. The van der Waals surface area contributed by atoms with Crippen molar-refractivity contribution in [2.75, 3.05) is 13.2 Å². The normalized spacial score (nSPS) is 34.0. The van der Waals surface area contributed by atoms with Crippen molar-refractivity contribution in [3.05, 3.63) is 12.2 Å². The van der Waals surface area contributed by atoms with Crippen molar-refractivity contribution in [1.82, 2.24) is 0 Å². The van der Waals surface area contributed by atoms with Crippen LogP contribution in [0.4, 0.5) is 0 Å². The van der Waals surface area contributed by atoms with E-state index in [2.05, 4.69) is 0 Å². The fraction of sp³-hybridized carbons (Fsp3) is 0.800. The van der Waals surface area contributed by atoms with E-state index in [0.717, 1.165) is 30.3 Å². The Balaban J connectivity index is 1.39. The number of hydrogen-bond acceptors (Lipinski definition) is 4. The van der Waals surface area contributed by atoms with Gasteiger partial charge in [-0.15, -0.1) is 0 Å². The van der Waals surface area contributed by atoms with Gasteiger partial charge in [-0.3, -0.25) is 0 Å². The minimum atomic E-state index is -0.485. The predicted octanol–water partition coefficient (Wildman–Crippen LogP) is 3.89. The van der Waals surface area contributed by atoms with Crippen LogP contribution >= 0.6 is 0 Å². The summed E-state index contributed by atoms with van der Waals surface area (Å²) in [6.07, 6.45) is 11.6. The summed E-state index contributed by atoms with van der Waals surface area (Å²) in [5.41, 5.74) is 0.426. The van der Waals surface area contributed by atoms with Gasteiger partial charge in [0.15, 0.2) is 0 Å². The van der Waals surface area contributed by atoms with Gasteiger partial charge in [0.2, 0.25) is 0 Å². The molecule has 0 unspecified atom stereocenters. The molecule has 4 saturated carbocycles. The number of carbonyl (C=O) groups excluding carboxylic acids is 2. The van der Waals surface area contributed by atoms with Crippen LogP contribution in [0.1, 0.15) is 58.8 Å². The molecular weight excluding hydrogens is 304 g/mol. The molecule has 4 heteroatoms. The Labute approximate surface area is 145 Å². The Hall–Kier alpha value is -1.32. The zero-order valence-electron chi connectivity index (χ0n) is 15.0. The van der Waals surface area contributed by atoms with Crippen LogP contribution in [0.15, 0.2) is 12.2 Å². The van der Waals surface area contributed by atoms with Crippen molar-refractivity contribution in [2.24, 2.45) is 29.1 Å². The van der Waals surface area contributed by atoms with Crippen LogP contribution in [0.2, 0.25) is 0 Å². The summed E-state index contributed by atoms with van der Waals surface area (Å²) in [6, 6.07) is 0. The SMILES string of the molecule is CC(C)COC(=O)/C=C/C(=O)OCCC12CC3CC(CC(C3)C1)C2. The molecule has 0 aromatic rings. The molecule has 4 rings (SSSR count). The highest BCUT2D eigenvalue weighted by molar-refractivity contribution is 5.91. The Morgan fingerprint density at radius 1 is 0.958 bits per heavy atom. The highest BCUT2D eigenvalue weighted by Gasteiger charge is 2.50. The predicted molar refractivity (Wildman–Crippen MR) is 91.1 cm³/mol. The second kappa shape index (κ2) is 7.28. The van der Waals surface area contributed by atoms with Gasteiger partial charge >= 0.3 is 11.9 Å². The van der Waals surface area contributed by atoms with E-state index in [9.17, 15) is 9.59 Å². The summed E-state index contributed by atoms with van der Waals surface area (Å²) >= 11 is 0. The van der Waals surface area contributed by atoms with Crippen LogP contribution in [0.3, 0.4) is 0 Å². The van der Waals surface area contributed by atoms with E-state index in [-0.39, 0.29) is 5.92 Å². The highest BCUT2D eigenvalue weighted by Crippen LogP contribution is 2.61. The third kappa shape index (κ3) is 4.40. The van der Waals surface area contributed by atoms with Crippen molar-refractivity contribution in [3.8, 4) is 0 Å². The molecular formula is C20H30O4. The summed E-state index contributed by atoms with van der Waals surface area (Å²) in [4.78, 5) is 23.2. The molecule has 0 radical (unpaired) electrons. The number of hydrogen-bond donors (Lipinski definition) is 0. The van der Waals surface area contributed by atoms with E-state index in [1.54, 1.807) is 0 Å². The lowest BCUT2D eigenvalue weighted by Crippen LogP contribution is -2.46. The lowest BCUT2D eigenvalue weighted by molar-refractivity contribution is -0.142. The molecule has 4 bridgehead atoms. The summed E-state index contributed by atoms with van der Waals surface area (Å²) in [5.74, 6) is 2.12. The summed E-state index contributed by atoms with van der Waals surface area (Å²) in [7, 11) is 0. The Morgan fingerprint density at radius 3 is 1.96 bits per heavy atom. The van der Waals surface area contributed by atoms with Gasteiger partial charge in [-0.25, -0.2) is 9.59 Å². The molecule has 0 aliphatic heterocycles. The molecule has 0 spiro atoms. The van der Waals surface area contributed by atoms with E-state index in [0.29, 0.717) is 18.6 Å². The monoisotopic (exact) mass is 334 g/mol. The molecule has 0 amide bonds. The maximum Gasteiger partial charge on any atom is 0.331 e. The number of ether oxygens (including phenoxy) is 2. The third-order valence-electron chi connectivity index (χ3n) is 5.96. The second-order valence-corrected chi connectivity index (χ2v) is 8.69. The van der Waals surface area contributed by atoms with Crippen molar-refractivity contribution in [2.45, 2.75) is 58.8 Å². The molecule has 0 aromatic carbocycles. The van der Waals surface area contributed by atoms with Gasteiger partial charge in [0.05, 0.1) is 13.2 Å². The third-order valence-corrected chi connectivity index (χ3v) is 5.96. The van der Waals surface area contributed by atoms with Crippen LogP contribution in [0.5, 0.6) is 0 Å². The topological polar surface area (TPSA) is 52.6 Å². The fourth-order valence-corrected chi connectivity index (χ4v) is 5.45. The van der Waals surface area contributed by atoms with Crippen molar-refractivity contribution < 1.29 is 19.1 Å². The largest absolute Gasteiger partial charge is 0.463 e. The van der Waals surface area contributed by atoms with Gasteiger partial charge in [-0.2, -0.15) is 0 Å². The fourth-order valence-electron chi connectivity index (χ4n) is 5.45. The Morgan fingerprint density at radius 2 is 1.46 bits per heavy atom. The van der Waals surface area contributed by atoms with Gasteiger partial charge in [0.1, 0.15) is 0 Å². The van der Waals surface area contributed by atoms with Crippen LogP contribution < -0.4 is 0 Å². The first-order valence-electron chi connectivity index (χ1n) is 9.46. The quantitative estimate of drug-likeness (QED) is 0.523. The standard InChI is InChI=1S/C20H30O4/c1-14(2)13-24-19(22)4-3-18(21)23-6-5-20-10-15-7-16(11-20)9-17(8-15)12-20/h3-4,14-17H,5-13H2,1-2H3/b4-3+. The second-order valence-electron chi connectivity index (χ2n) is 8.69. The van der Waals surface area contributed by atoms with Crippen molar-refractivity contribution >= 4 is 11.9 Å². The maximum atomic E-state index is 11.8. The van der Waals surface area contributed by atoms with E-state index in [1.165, 1.54) is 44.6 Å². The average molecular weight is 334 g/mol. The molecule has 24 heavy (non-hydrogen) atoms. The lowest BCUT2D eigenvalue weighted by Gasteiger charge is -2.57. The van der Waals surface area contributed by atoms with Gasteiger partial charge < -0.3 is 9.47 Å². The molecule has 0 heterocycles. The number of carbonyl (C=O) groups is 2. The summed E-state index contributed by atoms with van der Waals surface area (Å²) in [6.45, 7) is 4.77. The lowest BCUT2D eigenvalue weighted by atomic mass is 9.49. The Bertz CT molecular complexity index is 470. The molecule has 0 aromatic heterocycles. The number of rotatable bonds is 7. The maximum absolute atomic E-state index is 11.8. The average Bonchev–Trinajstić information content (AvgIpc) is 2.49. The van der Waals surface area contributed by atoms with Crippen LogP contribution in [-0.2, 0) is 19.1 Å². The first kappa shape index (κ1) is 17.5. The van der Waals surface area contributed by atoms with Gasteiger partial charge in [-0.05, 0) is 74.0 Å². The smallest absolute Gasteiger partial charge is 0.331 e. The van der Waals surface area contributed by atoms with Gasteiger partial charge in [-0.1, -0.05) is 13.8 Å². The summed E-state index contributed by atoms with van der Waals surface area (Å²) in [5, 5.41) is 0. The Kier molecular flexibility index (Phi) is 5.31. The first-order chi connectivity index (χ1) is 11.4. The number of esters is 2. The molecule has 0 atom stereocenters. The van der Waals surface area contributed by atoms with Gasteiger partial charge in [0.25, 0.3) is 0 Å². The van der Waals surface area contributed by atoms with E-state index in [1.807, 2.05) is 13.8 Å². The van der Waals surface area contributed by atoms with Gasteiger partial charge in [0, 0.05) is 12.2 Å². The molecule has 4 nitrogen and oxygen atoms in total. The zero-order chi connectivity index (χ0) is 17.2. The highest BCUT2D eigenvalue weighted by atomic mass is 16.5. The van der Waals surface area contributed by atoms with E-state index < -0.39 is 11.9 Å². The first-order valence-corrected chi connectivity index (χ1v) is 9.46. The minimum Gasteiger partial charge on any atom is -0.463 e. The van der Waals surface area contributed by atoms with E-state index in [4.69, 9.17) is 9.47 Å². The van der Waals surface area contributed by atoms with Crippen LogP contribution in [-0.4, -0.2) is 25.2 Å². The zero-order valence-corrected chi connectivity index (χ0v) is 15.0. The van der Waals surface area contributed by atoms with Crippen molar-refractivity contribution in [3.63, 3.8) is 0 Å². The minimum absolute atomic E-state index is 0.287. The van der Waals surface area contributed by atoms with Crippen molar-refractivity contribution in [1.29, 1.82) is 0 Å².